The first-order valence-electron chi connectivity index (χ1n) is 14.0. The largest absolute Gasteiger partial charge is 0.481 e. The Labute approximate surface area is 256 Å². The summed E-state index contributed by atoms with van der Waals surface area (Å²) in [5.41, 5.74) is -0.910. The van der Waals surface area contributed by atoms with E-state index in [9.17, 15) is 27.6 Å². The van der Waals surface area contributed by atoms with E-state index in [0.717, 1.165) is 32.1 Å². The fourth-order valence-electron chi connectivity index (χ4n) is 5.43. The minimum Gasteiger partial charge on any atom is -0.481 e. The maximum absolute atomic E-state index is 13.7. The highest BCUT2D eigenvalue weighted by atomic mass is 35.5. The predicted octanol–water partition coefficient (Wildman–Crippen LogP) is 3.70. The van der Waals surface area contributed by atoms with Gasteiger partial charge in [0.2, 0.25) is 11.8 Å². The molecular formula is C29H31ClF3N7O4. The van der Waals surface area contributed by atoms with Crippen LogP contribution in [0.25, 0.3) is 11.3 Å². The zero-order valence-electron chi connectivity index (χ0n) is 24.1. The molecule has 0 radical (unpaired) electrons. The van der Waals surface area contributed by atoms with Crippen LogP contribution in [0.5, 0.6) is 5.88 Å². The Morgan fingerprint density at radius 1 is 1.05 bits per heavy atom. The van der Waals surface area contributed by atoms with E-state index in [1.807, 2.05) is 4.90 Å². The van der Waals surface area contributed by atoms with Crippen LogP contribution in [0.2, 0.25) is 5.02 Å². The molecule has 3 amide bonds. The van der Waals surface area contributed by atoms with Crippen molar-refractivity contribution in [3.8, 4) is 17.1 Å². The number of piperazine rings is 1. The van der Waals surface area contributed by atoms with Gasteiger partial charge in [0.25, 0.3) is 11.8 Å². The third-order valence-corrected chi connectivity index (χ3v) is 8.15. The smallest absolute Gasteiger partial charge is 0.434 e. The van der Waals surface area contributed by atoms with Crippen molar-refractivity contribution in [2.45, 2.75) is 19.0 Å². The van der Waals surface area contributed by atoms with Crippen LogP contribution < -0.4 is 15.4 Å². The molecule has 1 aromatic carbocycles. The molecule has 0 bridgehead atoms. The first-order valence-corrected chi connectivity index (χ1v) is 14.4. The number of piperidine rings is 1. The van der Waals surface area contributed by atoms with Gasteiger partial charge in [0.15, 0.2) is 11.5 Å². The van der Waals surface area contributed by atoms with E-state index in [2.05, 4.69) is 20.6 Å². The molecule has 2 aliphatic rings. The van der Waals surface area contributed by atoms with Gasteiger partial charge in [0.05, 0.1) is 29.6 Å². The van der Waals surface area contributed by atoms with Gasteiger partial charge < -0.3 is 29.7 Å². The van der Waals surface area contributed by atoms with Crippen LogP contribution in [0, 0.1) is 5.92 Å². The number of anilines is 1. The minimum atomic E-state index is -4.77. The summed E-state index contributed by atoms with van der Waals surface area (Å²) in [5.74, 6) is -1.19. The second-order valence-electron chi connectivity index (χ2n) is 10.6. The number of carbonyl (C=O) groups is 3. The Balaban J connectivity index is 1.24. The number of carbonyl (C=O) groups excluding carboxylic acids is 3. The van der Waals surface area contributed by atoms with Gasteiger partial charge in [-0.05, 0) is 50.2 Å². The number of imidazole rings is 1. The number of benzene rings is 1. The number of alkyl halides is 3. The molecular weight excluding hydrogens is 603 g/mol. The van der Waals surface area contributed by atoms with Gasteiger partial charge in [-0.25, -0.2) is 9.97 Å². The lowest BCUT2D eigenvalue weighted by Crippen LogP contribution is -2.52. The van der Waals surface area contributed by atoms with Gasteiger partial charge in [-0.15, -0.1) is 0 Å². The second kappa shape index (κ2) is 12.8. The quantitative estimate of drug-likeness (QED) is 0.425. The molecule has 11 nitrogen and oxygen atoms in total. The molecule has 44 heavy (non-hydrogen) atoms. The average molecular weight is 634 g/mol. The first kappa shape index (κ1) is 31.3. The van der Waals surface area contributed by atoms with Gasteiger partial charge in [0.1, 0.15) is 0 Å². The van der Waals surface area contributed by atoms with Crippen LogP contribution in [0.1, 0.15) is 39.5 Å². The SMILES string of the molecule is COc1ccc(-c2cnc(C(=O)Nc3ccc(C(=O)N4CCN(C(=O)C5CCNCC5)CC4)c(Cl)c3)n2C)c(C(F)(F)F)n1. The van der Waals surface area contributed by atoms with E-state index in [1.54, 1.807) is 4.90 Å². The highest BCUT2D eigenvalue weighted by Gasteiger charge is 2.37. The number of halogens is 4. The van der Waals surface area contributed by atoms with Crippen LogP contribution >= 0.6 is 11.6 Å². The molecule has 3 aromatic rings. The van der Waals surface area contributed by atoms with Crippen LogP contribution in [-0.2, 0) is 18.0 Å². The Bertz CT molecular complexity index is 1560. The molecule has 234 valence electrons. The van der Waals surface area contributed by atoms with Crippen molar-refractivity contribution in [1.82, 2.24) is 29.7 Å². The summed E-state index contributed by atoms with van der Waals surface area (Å²) in [4.78, 5) is 50.1. The summed E-state index contributed by atoms with van der Waals surface area (Å²) < 4.78 is 47.2. The standard InChI is InChI=1S/C29H31ClF3N7O4/c1-38-22(20-5-6-23(44-2)37-24(20)29(31,32)33)16-35-25(38)26(41)36-18-3-4-19(21(30)15-18)28(43)40-13-11-39(12-14-40)27(42)17-7-9-34-10-8-17/h3-6,15-17,34H,7-14H2,1-2H3,(H,36,41). The van der Waals surface area contributed by atoms with E-state index in [4.69, 9.17) is 16.3 Å². The van der Waals surface area contributed by atoms with E-state index in [1.165, 1.54) is 49.1 Å². The lowest BCUT2D eigenvalue weighted by atomic mass is 9.96. The van der Waals surface area contributed by atoms with Crippen LogP contribution in [0.15, 0.2) is 36.5 Å². The zero-order chi connectivity index (χ0) is 31.6. The van der Waals surface area contributed by atoms with Gasteiger partial charge in [0, 0.05) is 56.5 Å². The second-order valence-corrected chi connectivity index (χ2v) is 11.0. The maximum atomic E-state index is 13.7. The van der Waals surface area contributed by atoms with Crippen LogP contribution in [-0.4, -0.2) is 88.4 Å². The molecule has 0 spiro atoms. The lowest BCUT2D eigenvalue weighted by molar-refractivity contribution is -0.141. The number of amides is 3. The van der Waals surface area contributed by atoms with Gasteiger partial charge in [-0.2, -0.15) is 13.2 Å². The summed E-state index contributed by atoms with van der Waals surface area (Å²) in [6.45, 7) is 3.32. The Morgan fingerprint density at radius 3 is 2.36 bits per heavy atom. The van der Waals surface area contributed by atoms with E-state index >= 15 is 0 Å². The van der Waals surface area contributed by atoms with Gasteiger partial charge in [-0.1, -0.05) is 11.6 Å². The number of rotatable bonds is 6. The van der Waals surface area contributed by atoms with E-state index in [0.29, 0.717) is 26.2 Å². The first-order chi connectivity index (χ1) is 21.0. The van der Waals surface area contributed by atoms with Crippen LogP contribution in [0.3, 0.4) is 0 Å². The van der Waals surface area contributed by atoms with Gasteiger partial charge in [-0.3, -0.25) is 14.4 Å². The lowest BCUT2D eigenvalue weighted by Gasteiger charge is -2.37. The highest BCUT2D eigenvalue weighted by molar-refractivity contribution is 6.34. The molecule has 15 heteroatoms. The van der Waals surface area contributed by atoms with Crippen molar-refractivity contribution in [2.24, 2.45) is 13.0 Å². The zero-order valence-corrected chi connectivity index (χ0v) is 24.8. The molecule has 5 rings (SSSR count). The highest BCUT2D eigenvalue weighted by Crippen LogP contribution is 2.37. The summed E-state index contributed by atoms with van der Waals surface area (Å²) in [5, 5.41) is 5.99. The molecule has 0 unspecified atom stereocenters. The van der Waals surface area contributed by atoms with Crippen LogP contribution in [0.4, 0.5) is 18.9 Å². The fourth-order valence-corrected chi connectivity index (χ4v) is 5.69. The van der Waals surface area contributed by atoms with E-state index in [-0.39, 0.29) is 57.0 Å². The molecule has 2 aromatic heterocycles. The topological polar surface area (TPSA) is 122 Å². The number of methoxy groups -OCH3 is 1. The van der Waals surface area contributed by atoms with Gasteiger partial charge >= 0.3 is 6.18 Å². The predicted molar refractivity (Wildman–Crippen MR) is 155 cm³/mol. The van der Waals surface area contributed by atoms with Crippen molar-refractivity contribution in [3.63, 3.8) is 0 Å². The van der Waals surface area contributed by atoms with Crippen molar-refractivity contribution >= 4 is 35.0 Å². The monoisotopic (exact) mass is 633 g/mol. The van der Waals surface area contributed by atoms with Crippen molar-refractivity contribution < 1.29 is 32.3 Å². The number of hydrogen-bond donors (Lipinski definition) is 2. The third kappa shape index (κ3) is 6.50. The van der Waals surface area contributed by atoms with Crippen molar-refractivity contribution in [2.75, 3.05) is 51.7 Å². The number of nitrogens with one attached hydrogen (secondary N) is 2. The molecule has 2 fully saturated rings. The van der Waals surface area contributed by atoms with Crippen molar-refractivity contribution in [1.29, 1.82) is 0 Å². The Morgan fingerprint density at radius 2 is 1.73 bits per heavy atom. The van der Waals surface area contributed by atoms with E-state index < -0.39 is 17.8 Å². The third-order valence-electron chi connectivity index (χ3n) is 7.84. The molecule has 4 heterocycles. The molecule has 2 N–H and O–H groups in total. The van der Waals surface area contributed by atoms with Crippen molar-refractivity contribution in [3.05, 3.63) is 58.6 Å². The number of pyridine rings is 1. The fraction of sp³-hybridized carbons (Fsp3) is 0.414. The summed E-state index contributed by atoms with van der Waals surface area (Å²) in [6.07, 6.45) is -1.99. The molecule has 0 atom stereocenters. The molecule has 0 saturated carbocycles. The molecule has 2 aliphatic heterocycles. The minimum absolute atomic E-state index is 0.0184. The normalized spacial score (nSPS) is 16.1. The summed E-state index contributed by atoms with van der Waals surface area (Å²) >= 11 is 6.44. The Kier molecular flexibility index (Phi) is 9.11. The molecule has 0 aliphatic carbocycles. The summed E-state index contributed by atoms with van der Waals surface area (Å²) in [6, 6.07) is 6.91. The molecule has 2 saturated heterocycles. The number of ether oxygens (including phenoxy) is 1. The maximum Gasteiger partial charge on any atom is 0.434 e. The number of nitrogens with zero attached hydrogens (tertiary/aromatic N) is 5. The number of hydrogen-bond acceptors (Lipinski definition) is 7. The number of aromatic nitrogens is 3. The Hall–Kier alpha value is -4.17. The average Bonchev–Trinajstić information content (AvgIpc) is 3.41. The summed E-state index contributed by atoms with van der Waals surface area (Å²) in [7, 11) is 2.63.